The number of amides is 1. The average Bonchev–Trinajstić information content (AvgIpc) is 3.35. The number of aromatic nitrogens is 1. The Balaban J connectivity index is 1.37. The number of hydrogen-bond acceptors (Lipinski definition) is 5. The standard InChI is InChI=1S/C30H20BrCl2N3O4/c1-39-25-15-17(9-14-24(25)40-30(38)18-10-12-19(32)13-11-18)16-34-36-29(37)28-26(20-5-2-3-8-23(20)33)21-6-4-7-22(31)27(21)35-28/h2-16,35H,1H3,(H,36,37). The van der Waals surface area contributed by atoms with Gasteiger partial charge in [0.1, 0.15) is 5.69 Å². The number of methoxy groups -OCH3 is 1. The van der Waals surface area contributed by atoms with E-state index in [1.54, 1.807) is 48.5 Å². The number of nitrogens with one attached hydrogen (secondary N) is 2. The lowest BCUT2D eigenvalue weighted by molar-refractivity contribution is 0.0729. The molecule has 40 heavy (non-hydrogen) atoms. The van der Waals surface area contributed by atoms with Gasteiger partial charge in [-0.15, -0.1) is 0 Å². The number of hydrogen-bond donors (Lipinski definition) is 2. The van der Waals surface area contributed by atoms with Crippen molar-refractivity contribution in [1.82, 2.24) is 10.4 Å². The predicted molar refractivity (Wildman–Crippen MR) is 161 cm³/mol. The largest absolute Gasteiger partial charge is 0.493 e. The van der Waals surface area contributed by atoms with Gasteiger partial charge in [-0.05, 0) is 76.1 Å². The van der Waals surface area contributed by atoms with E-state index in [2.05, 4.69) is 31.4 Å². The summed E-state index contributed by atoms with van der Waals surface area (Å²) in [6, 6.07) is 24.3. The van der Waals surface area contributed by atoms with Gasteiger partial charge in [-0.2, -0.15) is 5.10 Å². The van der Waals surface area contributed by atoms with Gasteiger partial charge in [0.05, 0.1) is 24.4 Å². The number of carbonyl (C=O) groups excluding carboxylic acids is 2. The Hall–Kier alpha value is -4.11. The van der Waals surface area contributed by atoms with Crippen molar-refractivity contribution in [3.63, 3.8) is 0 Å². The number of ether oxygens (including phenoxy) is 2. The Morgan fingerprint density at radius 3 is 2.48 bits per heavy atom. The van der Waals surface area contributed by atoms with Crippen LogP contribution < -0.4 is 14.9 Å². The molecule has 0 spiro atoms. The first-order valence-corrected chi connectivity index (χ1v) is 13.4. The molecule has 200 valence electrons. The molecular weight excluding hydrogens is 617 g/mol. The molecule has 0 saturated carbocycles. The highest BCUT2D eigenvalue weighted by atomic mass is 79.9. The van der Waals surface area contributed by atoms with Crippen LogP contribution in [0.1, 0.15) is 26.4 Å². The molecule has 0 aliphatic carbocycles. The molecule has 0 aliphatic heterocycles. The number of fused-ring (bicyclic) bond motifs is 1. The average molecular weight is 637 g/mol. The van der Waals surface area contributed by atoms with E-state index >= 15 is 0 Å². The monoisotopic (exact) mass is 635 g/mol. The van der Waals surface area contributed by atoms with Crippen LogP contribution in [0, 0.1) is 0 Å². The minimum absolute atomic E-state index is 0.233. The van der Waals surface area contributed by atoms with Crippen LogP contribution in [0.25, 0.3) is 22.0 Å². The van der Waals surface area contributed by atoms with Crippen molar-refractivity contribution in [2.75, 3.05) is 7.11 Å². The van der Waals surface area contributed by atoms with Gasteiger partial charge in [0.15, 0.2) is 11.5 Å². The van der Waals surface area contributed by atoms with Gasteiger partial charge in [0.2, 0.25) is 0 Å². The van der Waals surface area contributed by atoms with Crippen LogP contribution in [0.5, 0.6) is 11.5 Å². The van der Waals surface area contributed by atoms with Crippen LogP contribution in [0.2, 0.25) is 10.0 Å². The number of aromatic amines is 1. The molecule has 1 aromatic heterocycles. The number of H-pyrrole nitrogens is 1. The maximum atomic E-state index is 13.3. The van der Waals surface area contributed by atoms with Crippen LogP contribution >= 0.6 is 39.1 Å². The van der Waals surface area contributed by atoms with Crippen LogP contribution in [0.15, 0.2) is 94.5 Å². The number of nitrogens with zero attached hydrogens (tertiary/aromatic N) is 1. The molecule has 0 bridgehead atoms. The summed E-state index contributed by atoms with van der Waals surface area (Å²) in [5.41, 5.74) is 5.99. The van der Waals surface area contributed by atoms with E-state index in [0.29, 0.717) is 38.2 Å². The fraction of sp³-hybridized carbons (Fsp3) is 0.0333. The normalized spacial score (nSPS) is 11.1. The first kappa shape index (κ1) is 27.5. The third-order valence-corrected chi connectivity index (χ3v) is 7.25. The molecule has 0 fully saturated rings. The lowest BCUT2D eigenvalue weighted by Crippen LogP contribution is -2.19. The van der Waals surface area contributed by atoms with Gasteiger partial charge in [-0.25, -0.2) is 10.2 Å². The highest BCUT2D eigenvalue weighted by molar-refractivity contribution is 9.10. The van der Waals surface area contributed by atoms with Gasteiger partial charge < -0.3 is 14.5 Å². The summed E-state index contributed by atoms with van der Waals surface area (Å²) in [7, 11) is 1.46. The van der Waals surface area contributed by atoms with Crippen molar-refractivity contribution >= 4 is 68.1 Å². The van der Waals surface area contributed by atoms with E-state index in [4.69, 9.17) is 32.7 Å². The van der Waals surface area contributed by atoms with E-state index in [1.165, 1.54) is 13.3 Å². The Labute approximate surface area is 247 Å². The topological polar surface area (TPSA) is 92.8 Å². The molecule has 5 rings (SSSR count). The van der Waals surface area contributed by atoms with E-state index in [1.807, 2.05) is 36.4 Å². The van der Waals surface area contributed by atoms with Crippen molar-refractivity contribution in [1.29, 1.82) is 0 Å². The summed E-state index contributed by atoms with van der Waals surface area (Å²) in [6.07, 6.45) is 1.46. The summed E-state index contributed by atoms with van der Waals surface area (Å²) in [6.45, 7) is 0. The molecule has 0 radical (unpaired) electrons. The fourth-order valence-corrected chi connectivity index (χ4v) is 4.93. The second-order valence-corrected chi connectivity index (χ2v) is 10.2. The van der Waals surface area contributed by atoms with Crippen LogP contribution in [0.3, 0.4) is 0 Å². The lowest BCUT2D eigenvalue weighted by Gasteiger charge is -2.10. The van der Waals surface area contributed by atoms with E-state index in [0.717, 1.165) is 20.9 Å². The number of hydrazone groups is 1. The van der Waals surface area contributed by atoms with Crippen molar-refractivity contribution in [3.8, 4) is 22.6 Å². The van der Waals surface area contributed by atoms with Gasteiger partial charge in [0, 0.05) is 31.0 Å². The minimum atomic E-state index is -0.553. The Bertz CT molecular complexity index is 1770. The maximum Gasteiger partial charge on any atom is 0.343 e. The predicted octanol–water partition coefficient (Wildman–Crippen LogP) is 7.90. The van der Waals surface area contributed by atoms with Gasteiger partial charge in [0.25, 0.3) is 5.91 Å². The zero-order valence-corrected chi connectivity index (χ0v) is 24.0. The number of benzene rings is 4. The third-order valence-electron chi connectivity index (χ3n) is 6.00. The first-order chi connectivity index (χ1) is 19.4. The summed E-state index contributed by atoms with van der Waals surface area (Å²) >= 11 is 15.9. The second kappa shape index (κ2) is 12.0. The van der Waals surface area contributed by atoms with E-state index < -0.39 is 11.9 Å². The van der Waals surface area contributed by atoms with Crippen LogP contribution in [0.4, 0.5) is 0 Å². The molecule has 0 unspecified atom stereocenters. The molecule has 0 atom stereocenters. The highest BCUT2D eigenvalue weighted by Crippen LogP contribution is 2.38. The third kappa shape index (κ3) is 5.74. The van der Waals surface area contributed by atoms with Crippen LogP contribution in [-0.4, -0.2) is 30.2 Å². The van der Waals surface area contributed by atoms with Crippen LogP contribution in [-0.2, 0) is 0 Å². The zero-order chi connectivity index (χ0) is 28.2. The van der Waals surface area contributed by atoms with E-state index in [9.17, 15) is 9.59 Å². The second-order valence-electron chi connectivity index (χ2n) is 8.52. The number of halogens is 3. The van der Waals surface area contributed by atoms with Crippen molar-refractivity contribution in [2.45, 2.75) is 0 Å². The minimum Gasteiger partial charge on any atom is -0.493 e. The Kier molecular flexibility index (Phi) is 8.21. The molecule has 7 nitrogen and oxygen atoms in total. The van der Waals surface area contributed by atoms with Gasteiger partial charge in [-0.3, -0.25) is 4.79 Å². The number of carbonyl (C=O) groups is 2. The SMILES string of the molecule is COc1cc(C=NNC(=O)c2[nH]c3c(Br)cccc3c2-c2ccccc2Cl)ccc1OC(=O)c1ccc(Cl)cc1. The summed E-state index contributed by atoms with van der Waals surface area (Å²) < 4.78 is 11.7. The lowest BCUT2D eigenvalue weighted by atomic mass is 10.0. The molecule has 5 aromatic rings. The van der Waals surface area contributed by atoms with Gasteiger partial charge >= 0.3 is 5.97 Å². The van der Waals surface area contributed by atoms with Crippen molar-refractivity contribution < 1.29 is 19.1 Å². The summed E-state index contributed by atoms with van der Waals surface area (Å²) in [5.74, 6) is -0.451. The molecule has 2 N–H and O–H groups in total. The smallest absolute Gasteiger partial charge is 0.343 e. The molecule has 4 aromatic carbocycles. The molecular formula is C30H20BrCl2N3O4. The summed E-state index contributed by atoms with van der Waals surface area (Å²) in [5, 5.41) is 6.00. The number of rotatable bonds is 7. The van der Waals surface area contributed by atoms with E-state index in [-0.39, 0.29) is 5.75 Å². The molecule has 0 saturated heterocycles. The molecule has 1 heterocycles. The summed E-state index contributed by atoms with van der Waals surface area (Å²) in [4.78, 5) is 29.0. The number of para-hydroxylation sites is 1. The maximum absolute atomic E-state index is 13.3. The quantitative estimate of drug-likeness (QED) is 0.0822. The molecule has 10 heteroatoms. The number of esters is 1. The Morgan fingerprint density at radius 1 is 0.950 bits per heavy atom. The molecule has 1 amide bonds. The Morgan fingerprint density at radius 2 is 1.73 bits per heavy atom. The highest BCUT2D eigenvalue weighted by Gasteiger charge is 2.21. The van der Waals surface area contributed by atoms with Crippen molar-refractivity contribution in [2.24, 2.45) is 5.10 Å². The fourth-order valence-electron chi connectivity index (χ4n) is 4.11. The molecule has 0 aliphatic rings. The van der Waals surface area contributed by atoms with Gasteiger partial charge in [-0.1, -0.05) is 53.5 Å². The van der Waals surface area contributed by atoms with Crippen molar-refractivity contribution in [3.05, 3.63) is 116 Å². The zero-order valence-electron chi connectivity index (χ0n) is 20.9. The first-order valence-electron chi connectivity index (χ1n) is 11.9.